The Bertz CT molecular complexity index is 949. The summed E-state index contributed by atoms with van der Waals surface area (Å²) in [6.07, 6.45) is 5.31. The van der Waals surface area contributed by atoms with Gasteiger partial charge in [-0.25, -0.2) is 0 Å². The van der Waals surface area contributed by atoms with Crippen LogP contribution in [0.3, 0.4) is 0 Å². The standard InChI is InChI=1S/C26H38N6O2S/c1-31(2)18-22-7-5-8-23(17-22)33-15-6-11-28-26(30-21-27)29-12-16-35-20-25-10-9-24(34-25)19-32-13-3-4-14-32/h5,7-10,17H,3-4,6,11-16,18-20H2,1-2H3,(H2,28,29,30). The highest BCUT2D eigenvalue weighted by Crippen LogP contribution is 2.18. The van der Waals surface area contributed by atoms with E-state index in [9.17, 15) is 0 Å². The molecule has 1 fully saturated rings. The molecule has 1 aromatic heterocycles. The molecule has 0 amide bonds. The van der Waals surface area contributed by atoms with E-state index in [4.69, 9.17) is 14.4 Å². The Morgan fingerprint density at radius 3 is 2.86 bits per heavy atom. The molecule has 2 N–H and O–H groups in total. The van der Waals surface area contributed by atoms with Crippen molar-refractivity contribution in [1.29, 1.82) is 5.26 Å². The number of thioether (sulfide) groups is 1. The molecule has 35 heavy (non-hydrogen) atoms. The van der Waals surface area contributed by atoms with E-state index < -0.39 is 0 Å². The summed E-state index contributed by atoms with van der Waals surface area (Å²) >= 11 is 1.80. The number of hydrogen-bond acceptors (Lipinski definition) is 7. The van der Waals surface area contributed by atoms with Crippen LogP contribution in [0.25, 0.3) is 0 Å². The Kier molecular flexibility index (Phi) is 11.8. The number of likely N-dealkylation sites (tertiary alicyclic amines) is 1. The van der Waals surface area contributed by atoms with Crippen LogP contribution in [0.5, 0.6) is 5.75 Å². The third kappa shape index (κ3) is 10.6. The predicted octanol–water partition coefficient (Wildman–Crippen LogP) is 3.66. The smallest absolute Gasteiger partial charge is 0.204 e. The molecular weight excluding hydrogens is 460 g/mol. The normalized spacial score (nSPS) is 14.3. The minimum atomic E-state index is 0.506. The largest absolute Gasteiger partial charge is 0.494 e. The number of benzene rings is 1. The fraction of sp³-hybridized carbons (Fsp3) is 0.538. The molecule has 1 aromatic carbocycles. The summed E-state index contributed by atoms with van der Waals surface area (Å²) in [5.41, 5.74) is 1.22. The molecule has 2 heterocycles. The molecular formula is C26H38N6O2S. The molecule has 0 spiro atoms. The quantitative estimate of drug-likeness (QED) is 0.134. The molecule has 190 valence electrons. The first-order valence-electron chi connectivity index (χ1n) is 12.3. The van der Waals surface area contributed by atoms with Crippen molar-refractivity contribution in [2.24, 2.45) is 4.99 Å². The lowest BCUT2D eigenvalue weighted by Crippen LogP contribution is -2.36. The van der Waals surface area contributed by atoms with Gasteiger partial charge in [-0.05, 0) is 69.9 Å². The van der Waals surface area contributed by atoms with Gasteiger partial charge in [-0.3, -0.25) is 15.2 Å². The van der Waals surface area contributed by atoms with Crippen molar-refractivity contribution in [2.75, 3.05) is 52.6 Å². The number of furan rings is 1. The number of rotatable bonds is 14. The molecule has 1 saturated heterocycles. The minimum absolute atomic E-state index is 0.506. The molecule has 2 aromatic rings. The number of hydrogen-bond donors (Lipinski definition) is 2. The summed E-state index contributed by atoms with van der Waals surface area (Å²) in [5.74, 6) is 5.18. The van der Waals surface area contributed by atoms with Crippen molar-refractivity contribution >= 4 is 17.7 Å². The SMILES string of the molecule is CN(C)Cc1cccc(OCCCN=C(NC#N)NCCSCc2ccc(CN3CCCC3)o2)c1. The zero-order valence-electron chi connectivity index (χ0n) is 21.0. The zero-order chi connectivity index (χ0) is 24.7. The average Bonchev–Trinajstić information content (AvgIpc) is 3.51. The second kappa shape index (κ2) is 15.4. The summed E-state index contributed by atoms with van der Waals surface area (Å²) in [5, 5.41) is 14.8. The van der Waals surface area contributed by atoms with Gasteiger partial charge in [-0.2, -0.15) is 17.0 Å². The highest BCUT2D eigenvalue weighted by Gasteiger charge is 2.13. The van der Waals surface area contributed by atoms with Crippen molar-refractivity contribution in [3.05, 3.63) is 53.5 Å². The summed E-state index contributed by atoms with van der Waals surface area (Å²) in [7, 11) is 4.10. The summed E-state index contributed by atoms with van der Waals surface area (Å²) < 4.78 is 11.8. The molecule has 0 saturated carbocycles. The number of ether oxygens (including phenoxy) is 1. The second-order valence-electron chi connectivity index (χ2n) is 8.88. The molecule has 1 aliphatic rings. The topological polar surface area (TPSA) is 89.1 Å². The van der Waals surface area contributed by atoms with E-state index in [0.29, 0.717) is 25.7 Å². The first-order valence-corrected chi connectivity index (χ1v) is 13.5. The minimum Gasteiger partial charge on any atom is -0.494 e. The van der Waals surface area contributed by atoms with Crippen LogP contribution in [-0.4, -0.2) is 68.4 Å². The molecule has 0 unspecified atom stereocenters. The molecule has 9 heteroatoms. The molecule has 8 nitrogen and oxygen atoms in total. The van der Waals surface area contributed by atoms with E-state index in [1.54, 1.807) is 11.8 Å². The number of aliphatic imine (C=N–C) groups is 1. The van der Waals surface area contributed by atoms with Crippen molar-refractivity contribution in [1.82, 2.24) is 20.4 Å². The third-order valence-corrected chi connectivity index (χ3v) is 6.47. The fourth-order valence-corrected chi connectivity index (χ4v) is 4.64. The van der Waals surface area contributed by atoms with E-state index in [0.717, 1.165) is 48.3 Å². The van der Waals surface area contributed by atoms with Crippen molar-refractivity contribution in [3.8, 4) is 11.9 Å². The molecule has 1 aliphatic heterocycles. The number of nitriles is 1. The van der Waals surface area contributed by atoms with Crippen LogP contribution in [0.2, 0.25) is 0 Å². The van der Waals surface area contributed by atoms with E-state index in [-0.39, 0.29) is 0 Å². The predicted molar refractivity (Wildman–Crippen MR) is 142 cm³/mol. The summed E-state index contributed by atoms with van der Waals surface area (Å²) in [4.78, 5) is 9.04. The van der Waals surface area contributed by atoms with Crippen LogP contribution in [0.15, 0.2) is 45.8 Å². The molecule has 3 rings (SSSR count). The van der Waals surface area contributed by atoms with Gasteiger partial charge in [-0.15, -0.1) is 0 Å². The first kappa shape index (κ1) is 26.9. The number of guanidine groups is 1. The van der Waals surface area contributed by atoms with Crippen molar-refractivity contribution in [3.63, 3.8) is 0 Å². The van der Waals surface area contributed by atoms with Gasteiger partial charge in [0.1, 0.15) is 17.3 Å². The lowest BCUT2D eigenvalue weighted by Gasteiger charge is -2.12. The van der Waals surface area contributed by atoms with Crippen LogP contribution < -0.4 is 15.4 Å². The highest BCUT2D eigenvalue weighted by molar-refractivity contribution is 7.98. The first-order chi connectivity index (χ1) is 17.1. The van der Waals surface area contributed by atoms with E-state index in [1.807, 2.05) is 18.3 Å². The second-order valence-corrected chi connectivity index (χ2v) is 9.99. The molecule has 0 radical (unpaired) electrons. The maximum atomic E-state index is 9.00. The Morgan fingerprint density at radius 1 is 1.23 bits per heavy atom. The summed E-state index contributed by atoms with van der Waals surface area (Å²) in [6, 6.07) is 12.3. The molecule has 0 aliphatic carbocycles. The van der Waals surface area contributed by atoms with Gasteiger partial charge in [0.25, 0.3) is 0 Å². The number of nitrogens with zero attached hydrogens (tertiary/aromatic N) is 4. The Hall–Kier alpha value is -2.67. The van der Waals surface area contributed by atoms with Gasteiger partial charge in [0.15, 0.2) is 6.19 Å². The third-order valence-electron chi connectivity index (χ3n) is 5.49. The van der Waals surface area contributed by atoms with E-state index >= 15 is 0 Å². The van der Waals surface area contributed by atoms with Gasteiger partial charge in [0.05, 0.1) is 18.9 Å². The lowest BCUT2D eigenvalue weighted by molar-refractivity contribution is 0.294. The van der Waals surface area contributed by atoms with E-state index in [1.165, 1.54) is 31.5 Å². The van der Waals surface area contributed by atoms with Gasteiger partial charge in [0, 0.05) is 31.8 Å². The van der Waals surface area contributed by atoms with Crippen LogP contribution in [0.4, 0.5) is 0 Å². The van der Waals surface area contributed by atoms with Crippen LogP contribution in [-0.2, 0) is 18.8 Å². The monoisotopic (exact) mass is 498 g/mol. The maximum Gasteiger partial charge on any atom is 0.204 e. The highest BCUT2D eigenvalue weighted by atomic mass is 32.2. The Labute approximate surface area is 213 Å². The van der Waals surface area contributed by atoms with Crippen LogP contribution >= 0.6 is 11.8 Å². The van der Waals surface area contributed by atoms with E-state index in [2.05, 4.69) is 63.8 Å². The maximum absolute atomic E-state index is 9.00. The van der Waals surface area contributed by atoms with Crippen LogP contribution in [0.1, 0.15) is 36.3 Å². The number of nitrogens with one attached hydrogen (secondary N) is 2. The Morgan fingerprint density at radius 2 is 2.06 bits per heavy atom. The van der Waals surface area contributed by atoms with Gasteiger partial charge >= 0.3 is 0 Å². The molecule has 0 bridgehead atoms. The average molecular weight is 499 g/mol. The van der Waals surface area contributed by atoms with Crippen molar-refractivity contribution in [2.45, 2.75) is 38.1 Å². The van der Waals surface area contributed by atoms with Crippen LogP contribution in [0, 0.1) is 11.5 Å². The van der Waals surface area contributed by atoms with Gasteiger partial charge in [-0.1, -0.05) is 12.1 Å². The molecule has 0 atom stereocenters. The van der Waals surface area contributed by atoms with Gasteiger partial charge < -0.3 is 19.4 Å². The zero-order valence-corrected chi connectivity index (χ0v) is 21.8. The van der Waals surface area contributed by atoms with Gasteiger partial charge in [0.2, 0.25) is 5.96 Å². The summed E-state index contributed by atoms with van der Waals surface area (Å²) in [6.45, 7) is 6.02. The van der Waals surface area contributed by atoms with Crippen molar-refractivity contribution < 1.29 is 9.15 Å². The Balaban J connectivity index is 1.28. The lowest BCUT2D eigenvalue weighted by atomic mass is 10.2. The fourth-order valence-electron chi connectivity index (χ4n) is 3.90.